The Morgan fingerprint density at radius 2 is 2.09 bits per heavy atom. The Morgan fingerprint density at radius 1 is 1.26 bits per heavy atom. The van der Waals surface area contributed by atoms with Crippen LogP contribution in [0.15, 0.2) is 24.3 Å². The lowest BCUT2D eigenvalue weighted by molar-refractivity contribution is -0.137. The molecule has 5 nitrogen and oxygen atoms in total. The van der Waals surface area contributed by atoms with Gasteiger partial charge in [0.15, 0.2) is 0 Å². The molecule has 1 atom stereocenters. The largest absolute Gasteiger partial charge is 0.341 e. The fourth-order valence-electron chi connectivity index (χ4n) is 3.28. The van der Waals surface area contributed by atoms with Crippen LogP contribution >= 0.6 is 0 Å². The monoisotopic (exact) mass is 314 g/mol. The molecule has 3 rings (SSSR count). The molecule has 2 fully saturated rings. The quantitative estimate of drug-likeness (QED) is 0.753. The minimum Gasteiger partial charge on any atom is -0.341 e. The Labute approximate surface area is 136 Å². The molecule has 23 heavy (non-hydrogen) atoms. The van der Waals surface area contributed by atoms with Crippen molar-refractivity contribution >= 4 is 18.6 Å². The predicted octanol–water partition coefficient (Wildman–Crippen LogP) is 1.83. The molecule has 1 aliphatic carbocycles. The summed E-state index contributed by atoms with van der Waals surface area (Å²) < 4.78 is 0. The normalized spacial score (nSPS) is 20.9. The standard InChI is InChI=1S/C18H22N2O3/c21-12-14-3-1-4-15(9-14)16-5-2-8-19(10-16)18(23)11-20(13-22)17-6-7-17/h1,3-4,9,12-13,16-17H,2,5-8,10-11H2. The number of likely N-dealkylation sites (tertiary alicyclic amines) is 1. The van der Waals surface area contributed by atoms with Crippen LogP contribution in [-0.2, 0) is 9.59 Å². The van der Waals surface area contributed by atoms with Crippen LogP contribution in [0.5, 0.6) is 0 Å². The highest BCUT2D eigenvalue weighted by Crippen LogP contribution is 2.28. The number of piperidine rings is 1. The first-order chi connectivity index (χ1) is 11.2. The molecule has 1 saturated heterocycles. The van der Waals surface area contributed by atoms with Gasteiger partial charge in [0, 0.05) is 30.6 Å². The zero-order chi connectivity index (χ0) is 16.2. The van der Waals surface area contributed by atoms with Gasteiger partial charge >= 0.3 is 0 Å². The molecule has 0 spiro atoms. The van der Waals surface area contributed by atoms with E-state index < -0.39 is 0 Å². The molecule has 0 bridgehead atoms. The lowest BCUT2D eigenvalue weighted by Crippen LogP contribution is -2.44. The molecule has 1 aliphatic heterocycles. The molecule has 2 amide bonds. The molecule has 2 aliphatic rings. The summed E-state index contributed by atoms with van der Waals surface area (Å²) in [4.78, 5) is 38.0. The molecule has 0 aromatic heterocycles. The zero-order valence-corrected chi connectivity index (χ0v) is 13.2. The highest BCUT2D eigenvalue weighted by atomic mass is 16.2. The molecule has 122 valence electrons. The first-order valence-electron chi connectivity index (χ1n) is 8.25. The summed E-state index contributed by atoms with van der Waals surface area (Å²) in [6.45, 7) is 1.61. The number of benzene rings is 1. The molecule has 1 aromatic rings. The molecule has 1 saturated carbocycles. The Kier molecular flexibility index (Phi) is 4.74. The number of nitrogens with zero attached hydrogens (tertiary/aromatic N) is 2. The summed E-state index contributed by atoms with van der Waals surface area (Å²) in [6, 6.07) is 7.88. The van der Waals surface area contributed by atoms with Crippen LogP contribution in [0.4, 0.5) is 0 Å². The summed E-state index contributed by atoms with van der Waals surface area (Å²) in [5.74, 6) is 0.290. The number of carbonyl (C=O) groups excluding carboxylic acids is 3. The van der Waals surface area contributed by atoms with Crippen LogP contribution < -0.4 is 0 Å². The van der Waals surface area contributed by atoms with E-state index in [4.69, 9.17) is 0 Å². The zero-order valence-electron chi connectivity index (χ0n) is 13.2. The highest BCUT2D eigenvalue weighted by Gasteiger charge is 2.31. The van der Waals surface area contributed by atoms with Crippen LogP contribution in [-0.4, -0.2) is 54.1 Å². The third-order valence-electron chi connectivity index (χ3n) is 4.76. The SMILES string of the molecule is O=Cc1cccc(C2CCCN(C(=O)CN(C=O)C3CC3)C2)c1. The van der Waals surface area contributed by atoms with Gasteiger partial charge in [0.05, 0.1) is 6.54 Å². The lowest BCUT2D eigenvalue weighted by Gasteiger charge is -2.34. The second-order valence-electron chi connectivity index (χ2n) is 6.48. The van der Waals surface area contributed by atoms with E-state index >= 15 is 0 Å². The van der Waals surface area contributed by atoms with Gasteiger partial charge in [-0.05, 0) is 37.3 Å². The maximum absolute atomic E-state index is 12.5. The van der Waals surface area contributed by atoms with Gasteiger partial charge in [-0.25, -0.2) is 0 Å². The molecule has 1 aromatic carbocycles. The maximum Gasteiger partial charge on any atom is 0.242 e. The van der Waals surface area contributed by atoms with Crippen molar-refractivity contribution < 1.29 is 14.4 Å². The Balaban J connectivity index is 1.63. The van der Waals surface area contributed by atoms with Crippen LogP contribution in [0, 0.1) is 0 Å². The fraction of sp³-hybridized carbons (Fsp3) is 0.500. The van der Waals surface area contributed by atoms with Gasteiger partial charge in [0.2, 0.25) is 12.3 Å². The molecule has 0 radical (unpaired) electrons. The van der Waals surface area contributed by atoms with E-state index in [1.807, 2.05) is 23.1 Å². The average molecular weight is 314 g/mol. The number of amides is 2. The van der Waals surface area contributed by atoms with Crippen molar-refractivity contribution in [2.24, 2.45) is 0 Å². The van der Waals surface area contributed by atoms with Crippen molar-refractivity contribution in [3.8, 4) is 0 Å². The van der Waals surface area contributed by atoms with Crippen molar-refractivity contribution in [1.82, 2.24) is 9.80 Å². The average Bonchev–Trinajstić information content (AvgIpc) is 3.44. The molecule has 1 unspecified atom stereocenters. The number of aldehydes is 1. The summed E-state index contributed by atoms with van der Waals surface area (Å²) in [6.07, 6.45) is 5.63. The van der Waals surface area contributed by atoms with Gasteiger partial charge in [0.1, 0.15) is 6.29 Å². The maximum atomic E-state index is 12.5. The number of hydrogen-bond donors (Lipinski definition) is 0. The van der Waals surface area contributed by atoms with E-state index in [0.29, 0.717) is 12.1 Å². The third-order valence-corrected chi connectivity index (χ3v) is 4.76. The number of rotatable bonds is 6. The second-order valence-corrected chi connectivity index (χ2v) is 6.48. The molecule has 1 heterocycles. The molecule has 0 N–H and O–H groups in total. The van der Waals surface area contributed by atoms with Crippen LogP contribution in [0.25, 0.3) is 0 Å². The lowest BCUT2D eigenvalue weighted by atomic mass is 9.90. The van der Waals surface area contributed by atoms with E-state index in [0.717, 1.165) is 50.5 Å². The smallest absolute Gasteiger partial charge is 0.242 e. The molecule has 5 heteroatoms. The Bertz CT molecular complexity index is 598. The van der Waals surface area contributed by atoms with E-state index in [1.165, 1.54) is 0 Å². The van der Waals surface area contributed by atoms with Gasteiger partial charge in [-0.3, -0.25) is 14.4 Å². The first-order valence-corrected chi connectivity index (χ1v) is 8.25. The van der Waals surface area contributed by atoms with Crippen LogP contribution in [0.2, 0.25) is 0 Å². The van der Waals surface area contributed by atoms with E-state index in [1.54, 1.807) is 11.0 Å². The van der Waals surface area contributed by atoms with Crippen molar-refractivity contribution in [2.45, 2.75) is 37.6 Å². The Hall–Kier alpha value is -2.17. The summed E-state index contributed by atoms with van der Waals surface area (Å²) >= 11 is 0. The number of carbonyl (C=O) groups is 3. The summed E-state index contributed by atoms with van der Waals surface area (Å²) in [5, 5.41) is 0. The van der Waals surface area contributed by atoms with Gasteiger partial charge < -0.3 is 9.80 Å². The van der Waals surface area contributed by atoms with E-state index in [-0.39, 0.29) is 24.4 Å². The highest BCUT2D eigenvalue weighted by molar-refractivity contribution is 5.80. The minimum atomic E-state index is 0.0280. The fourth-order valence-corrected chi connectivity index (χ4v) is 3.28. The van der Waals surface area contributed by atoms with Gasteiger partial charge in [-0.2, -0.15) is 0 Å². The summed E-state index contributed by atoms with van der Waals surface area (Å²) in [7, 11) is 0. The molecular formula is C18H22N2O3. The van der Waals surface area contributed by atoms with Gasteiger partial charge in [-0.15, -0.1) is 0 Å². The van der Waals surface area contributed by atoms with Gasteiger partial charge in [-0.1, -0.05) is 18.2 Å². The molecular weight excluding hydrogens is 292 g/mol. The van der Waals surface area contributed by atoms with E-state index in [2.05, 4.69) is 0 Å². The van der Waals surface area contributed by atoms with Crippen LogP contribution in [0.1, 0.15) is 47.5 Å². The van der Waals surface area contributed by atoms with Crippen molar-refractivity contribution in [1.29, 1.82) is 0 Å². The third kappa shape index (κ3) is 3.78. The number of hydrogen-bond acceptors (Lipinski definition) is 3. The second kappa shape index (κ2) is 6.94. The minimum absolute atomic E-state index is 0.0280. The predicted molar refractivity (Wildman–Crippen MR) is 86.2 cm³/mol. The Morgan fingerprint density at radius 3 is 2.78 bits per heavy atom. The van der Waals surface area contributed by atoms with Crippen LogP contribution in [0.3, 0.4) is 0 Å². The first kappa shape index (κ1) is 15.7. The van der Waals surface area contributed by atoms with Crippen molar-refractivity contribution in [3.63, 3.8) is 0 Å². The van der Waals surface area contributed by atoms with Crippen molar-refractivity contribution in [3.05, 3.63) is 35.4 Å². The van der Waals surface area contributed by atoms with E-state index in [9.17, 15) is 14.4 Å². The topological polar surface area (TPSA) is 57.7 Å². The summed E-state index contributed by atoms with van der Waals surface area (Å²) in [5.41, 5.74) is 1.79. The van der Waals surface area contributed by atoms with Gasteiger partial charge in [0.25, 0.3) is 0 Å². The van der Waals surface area contributed by atoms with Crippen molar-refractivity contribution in [2.75, 3.05) is 19.6 Å².